The number of hydrogen-bond donors (Lipinski definition) is 1. The van der Waals surface area contributed by atoms with E-state index in [-0.39, 0.29) is 5.82 Å². The quantitative estimate of drug-likeness (QED) is 0.835. The van der Waals surface area contributed by atoms with E-state index in [4.69, 9.17) is 0 Å². The molecule has 1 aliphatic rings. The smallest absolute Gasteiger partial charge is 0.126 e. The van der Waals surface area contributed by atoms with Gasteiger partial charge in [0.15, 0.2) is 0 Å². The molecule has 0 aromatic heterocycles. The first kappa shape index (κ1) is 14.2. The molecule has 1 aromatic rings. The Labute approximate surface area is 117 Å². The Kier molecular flexibility index (Phi) is 6.38. The van der Waals surface area contributed by atoms with Crippen molar-refractivity contribution >= 4 is 23.5 Å². The van der Waals surface area contributed by atoms with Crippen LogP contribution in [0.2, 0.25) is 0 Å². The van der Waals surface area contributed by atoms with Gasteiger partial charge in [-0.2, -0.15) is 23.5 Å². The number of halogens is 1. The Morgan fingerprint density at radius 1 is 1.17 bits per heavy atom. The first-order valence-electron chi connectivity index (χ1n) is 6.48. The fourth-order valence-electron chi connectivity index (χ4n) is 2.02. The van der Waals surface area contributed by atoms with E-state index in [2.05, 4.69) is 5.32 Å². The van der Waals surface area contributed by atoms with Crippen LogP contribution in [0.25, 0.3) is 0 Å². The molecule has 0 bridgehead atoms. The van der Waals surface area contributed by atoms with Crippen LogP contribution >= 0.6 is 23.5 Å². The van der Waals surface area contributed by atoms with Gasteiger partial charge >= 0.3 is 0 Å². The van der Waals surface area contributed by atoms with Gasteiger partial charge < -0.3 is 5.32 Å². The van der Waals surface area contributed by atoms with E-state index in [1.165, 1.54) is 23.0 Å². The normalized spacial score (nSPS) is 17.6. The third-order valence-electron chi connectivity index (χ3n) is 3.02. The lowest BCUT2D eigenvalue weighted by Crippen LogP contribution is -2.34. The predicted octanol–water partition coefficient (Wildman–Crippen LogP) is 3.20. The first-order chi connectivity index (χ1) is 8.86. The minimum Gasteiger partial charge on any atom is -0.312 e. The lowest BCUT2D eigenvalue weighted by molar-refractivity contribution is 0.567. The van der Waals surface area contributed by atoms with E-state index in [9.17, 15) is 4.39 Å². The monoisotopic (exact) mass is 285 g/mol. The van der Waals surface area contributed by atoms with Gasteiger partial charge in [-0.3, -0.25) is 0 Å². The molecule has 0 atom stereocenters. The van der Waals surface area contributed by atoms with Crippen molar-refractivity contribution in [3.63, 3.8) is 0 Å². The standard InChI is InChI=1S/C14H20FNS2/c15-14-6-2-1-4-12(14)5-3-7-16-13-10-17-8-9-18-11-13/h1-2,4,6,13,16H,3,5,7-11H2. The van der Waals surface area contributed by atoms with E-state index >= 15 is 0 Å². The second-order valence-electron chi connectivity index (χ2n) is 4.50. The van der Waals surface area contributed by atoms with E-state index in [0.29, 0.717) is 6.04 Å². The summed E-state index contributed by atoms with van der Waals surface area (Å²) in [6.45, 7) is 0.986. The van der Waals surface area contributed by atoms with Crippen LogP contribution in [-0.2, 0) is 6.42 Å². The molecule has 2 rings (SSSR count). The first-order valence-corrected chi connectivity index (χ1v) is 8.79. The highest BCUT2D eigenvalue weighted by Gasteiger charge is 2.11. The van der Waals surface area contributed by atoms with Gasteiger partial charge in [0.05, 0.1) is 0 Å². The summed E-state index contributed by atoms with van der Waals surface area (Å²) >= 11 is 4.07. The van der Waals surface area contributed by atoms with Crippen LogP contribution in [0.5, 0.6) is 0 Å². The number of hydrogen-bond acceptors (Lipinski definition) is 3. The molecule has 100 valence electrons. The molecule has 0 unspecified atom stereocenters. The molecule has 1 saturated heterocycles. The molecule has 1 N–H and O–H groups in total. The lowest BCUT2D eigenvalue weighted by Gasteiger charge is -2.15. The average Bonchev–Trinajstić information content (AvgIpc) is 2.65. The number of benzene rings is 1. The molecule has 0 radical (unpaired) electrons. The largest absolute Gasteiger partial charge is 0.312 e. The van der Waals surface area contributed by atoms with Gasteiger partial charge in [-0.15, -0.1) is 0 Å². The van der Waals surface area contributed by atoms with Gasteiger partial charge in [0.1, 0.15) is 5.82 Å². The molecule has 0 aliphatic carbocycles. The number of rotatable bonds is 5. The molecule has 1 heterocycles. The summed E-state index contributed by atoms with van der Waals surface area (Å²) in [5.41, 5.74) is 0.837. The van der Waals surface area contributed by atoms with E-state index in [0.717, 1.165) is 24.9 Å². The predicted molar refractivity (Wildman–Crippen MR) is 81.2 cm³/mol. The van der Waals surface area contributed by atoms with Gasteiger partial charge in [0.2, 0.25) is 0 Å². The van der Waals surface area contributed by atoms with Gasteiger partial charge in [-0.25, -0.2) is 4.39 Å². The van der Waals surface area contributed by atoms with Gasteiger partial charge in [-0.05, 0) is 31.0 Å². The molecule has 4 heteroatoms. The second kappa shape index (κ2) is 8.08. The summed E-state index contributed by atoms with van der Waals surface area (Å²) in [6, 6.07) is 7.71. The third kappa shape index (κ3) is 4.82. The van der Waals surface area contributed by atoms with Crippen molar-refractivity contribution in [1.82, 2.24) is 5.32 Å². The number of thioether (sulfide) groups is 2. The third-order valence-corrected chi connectivity index (χ3v) is 5.54. The Balaban J connectivity index is 1.65. The zero-order valence-corrected chi connectivity index (χ0v) is 12.2. The van der Waals surface area contributed by atoms with Gasteiger partial charge in [-0.1, -0.05) is 18.2 Å². The molecule has 0 amide bonds. The fourth-order valence-corrected chi connectivity index (χ4v) is 4.49. The second-order valence-corrected chi connectivity index (χ2v) is 6.80. The van der Waals surface area contributed by atoms with E-state index in [1.807, 2.05) is 35.7 Å². The molecule has 18 heavy (non-hydrogen) atoms. The molecule has 0 saturated carbocycles. The molecule has 1 nitrogen and oxygen atoms in total. The lowest BCUT2D eigenvalue weighted by atomic mass is 10.1. The van der Waals surface area contributed by atoms with Crippen LogP contribution in [-0.4, -0.2) is 35.6 Å². The SMILES string of the molecule is Fc1ccccc1CCCNC1CSCCSC1. The summed E-state index contributed by atoms with van der Waals surface area (Å²) in [4.78, 5) is 0. The maximum atomic E-state index is 13.4. The summed E-state index contributed by atoms with van der Waals surface area (Å²) in [7, 11) is 0. The Morgan fingerprint density at radius 2 is 1.89 bits per heavy atom. The van der Waals surface area contributed by atoms with Crippen LogP contribution < -0.4 is 5.32 Å². The van der Waals surface area contributed by atoms with Crippen molar-refractivity contribution in [3.8, 4) is 0 Å². The van der Waals surface area contributed by atoms with Crippen molar-refractivity contribution in [2.45, 2.75) is 18.9 Å². The van der Waals surface area contributed by atoms with E-state index in [1.54, 1.807) is 12.1 Å². The fraction of sp³-hybridized carbons (Fsp3) is 0.571. The van der Waals surface area contributed by atoms with E-state index < -0.39 is 0 Å². The van der Waals surface area contributed by atoms with Crippen molar-refractivity contribution < 1.29 is 4.39 Å². The van der Waals surface area contributed by atoms with Crippen molar-refractivity contribution in [2.75, 3.05) is 29.6 Å². The van der Waals surface area contributed by atoms with Crippen molar-refractivity contribution in [2.24, 2.45) is 0 Å². The number of aryl methyl sites for hydroxylation is 1. The van der Waals surface area contributed by atoms with Crippen LogP contribution in [0.3, 0.4) is 0 Å². The summed E-state index contributed by atoms with van der Waals surface area (Å²) in [5, 5.41) is 3.59. The van der Waals surface area contributed by atoms with Crippen molar-refractivity contribution in [1.29, 1.82) is 0 Å². The highest BCUT2D eigenvalue weighted by atomic mass is 32.2. The molecule has 0 spiro atoms. The highest BCUT2D eigenvalue weighted by Crippen LogP contribution is 2.16. The zero-order valence-electron chi connectivity index (χ0n) is 10.5. The highest BCUT2D eigenvalue weighted by molar-refractivity contribution is 8.03. The number of nitrogens with one attached hydrogen (secondary N) is 1. The van der Waals surface area contributed by atoms with Gasteiger partial charge in [0, 0.05) is 29.1 Å². The summed E-state index contributed by atoms with van der Waals surface area (Å²) in [5.74, 6) is 4.91. The summed E-state index contributed by atoms with van der Waals surface area (Å²) < 4.78 is 13.4. The van der Waals surface area contributed by atoms with Crippen LogP contribution in [0.15, 0.2) is 24.3 Å². The topological polar surface area (TPSA) is 12.0 Å². The summed E-state index contributed by atoms with van der Waals surface area (Å²) in [6.07, 6.45) is 1.83. The minimum atomic E-state index is -0.0712. The average molecular weight is 285 g/mol. The zero-order chi connectivity index (χ0) is 12.6. The van der Waals surface area contributed by atoms with Crippen molar-refractivity contribution in [3.05, 3.63) is 35.6 Å². The molecule has 1 fully saturated rings. The Bertz CT molecular complexity index is 351. The molecule has 1 aromatic carbocycles. The van der Waals surface area contributed by atoms with Crippen LogP contribution in [0.1, 0.15) is 12.0 Å². The molecular weight excluding hydrogens is 265 g/mol. The van der Waals surface area contributed by atoms with Crippen LogP contribution in [0.4, 0.5) is 4.39 Å². The molecular formula is C14H20FNS2. The molecule has 1 aliphatic heterocycles. The Hall–Kier alpha value is -0.190. The van der Waals surface area contributed by atoms with Gasteiger partial charge in [0.25, 0.3) is 0 Å². The minimum absolute atomic E-state index is 0.0712. The van der Waals surface area contributed by atoms with Crippen LogP contribution in [0, 0.1) is 5.82 Å². The maximum absolute atomic E-state index is 13.4. The Morgan fingerprint density at radius 3 is 2.61 bits per heavy atom. The maximum Gasteiger partial charge on any atom is 0.126 e.